The zero-order valence-electron chi connectivity index (χ0n) is 13.8. The van der Waals surface area contributed by atoms with E-state index in [9.17, 15) is 9.59 Å². The average Bonchev–Trinajstić information content (AvgIpc) is 2.88. The van der Waals surface area contributed by atoms with Crippen molar-refractivity contribution in [1.29, 1.82) is 0 Å². The first-order valence-electron chi connectivity index (χ1n) is 8.44. The van der Waals surface area contributed by atoms with Crippen molar-refractivity contribution >= 4 is 11.8 Å². The van der Waals surface area contributed by atoms with E-state index in [0.717, 1.165) is 25.8 Å². The molecule has 124 valence electrons. The largest absolute Gasteiger partial charge is 0.310 e. The van der Waals surface area contributed by atoms with Crippen LogP contribution in [0.5, 0.6) is 0 Å². The van der Waals surface area contributed by atoms with E-state index in [1.54, 1.807) is 0 Å². The summed E-state index contributed by atoms with van der Waals surface area (Å²) in [6.45, 7) is 3.19. The topological polar surface area (TPSA) is 58.2 Å². The van der Waals surface area contributed by atoms with Crippen molar-refractivity contribution in [3.8, 4) is 0 Å². The Balaban J connectivity index is 1.52. The number of unbranched alkanes of at least 4 members (excludes halogenated alkanes) is 2. The molecule has 1 fully saturated rings. The van der Waals surface area contributed by atoms with Gasteiger partial charge in [0.2, 0.25) is 11.8 Å². The Morgan fingerprint density at radius 1 is 1.22 bits per heavy atom. The molecule has 0 bridgehead atoms. The summed E-state index contributed by atoms with van der Waals surface area (Å²) in [6.07, 6.45) is 8.43. The number of carbonyl (C=O) groups is 2. The van der Waals surface area contributed by atoms with Crippen LogP contribution in [-0.4, -0.2) is 18.4 Å². The lowest BCUT2D eigenvalue weighted by atomic mass is 10.0. The van der Waals surface area contributed by atoms with Crippen molar-refractivity contribution in [2.75, 3.05) is 6.54 Å². The number of carbonyl (C=O) groups excluding carboxylic acids is 2. The van der Waals surface area contributed by atoms with E-state index in [0.29, 0.717) is 18.9 Å². The zero-order chi connectivity index (χ0) is 16.5. The predicted molar refractivity (Wildman–Crippen MR) is 91.7 cm³/mol. The first-order chi connectivity index (χ1) is 11.2. The number of imide groups is 1. The first kappa shape index (κ1) is 17.4. The lowest BCUT2D eigenvalue weighted by molar-refractivity contribution is -0.125. The molecular formula is C19H26N2O2. The molecule has 1 aromatic rings. The molecule has 1 aromatic carbocycles. The van der Waals surface area contributed by atoms with Gasteiger partial charge in [-0.3, -0.25) is 14.9 Å². The van der Waals surface area contributed by atoms with E-state index in [2.05, 4.69) is 47.9 Å². The number of benzene rings is 1. The molecule has 0 aromatic heterocycles. The van der Waals surface area contributed by atoms with Crippen LogP contribution in [0.25, 0.3) is 0 Å². The van der Waals surface area contributed by atoms with Gasteiger partial charge < -0.3 is 5.32 Å². The number of rotatable bonds is 9. The molecule has 2 N–H and O–H groups in total. The van der Waals surface area contributed by atoms with Gasteiger partial charge >= 0.3 is 0 Å². The molecule has 0 radical (unpaired) electrons. The van der Waals surface area contributed by atoms with Gasteiger partial charge in [-0.2, -0.15) is 0 Å². The van der Waals surface area contributed by atoms with Crippen molar-refractivity contribution in [1.82, 2.24) is 10.6 Å². The summed E-state index contributed by atoms with van der Waals surface area (Å²) in [7, 11) is 0. The van der Waals surface area contributed by atoms with Crippen LogP contribution >= 0.6 is 0 Å². The second-order valence-corrected chi connectivity index (χ2v) is 6.10. The van der Waals surface area contributed by atoms with E-state index >= 15 is 0 Å². The molecule has 0 spiro atoms. The maximum atomic E-state index is 11.4. The second kappa shape index (κ2) is 9.26. The van der Waals surface area contributed by atoms with Crippen LogP contribution < -0.4 is 10.6 Å². The van der Waals surface area contributed by atoms with Crippen LogP contribution in [0.1, 0.15) is 50.6 Å². The van der Waals surface area contributed by atoms with Gasteiger partial charge in [0.05, 0.1) is 5.92 Å². The van der Waals surface area contributed by atoms with Gasteiger partial charge in [0, 0.05) is 12.5 Å². The van der Waals surface area contributed by atoms with Gasteiger partial charge in [-0.1, -0.05) is 42.5 Å². The second-order valence-electron chi connectivity index (χ2n) is 6.10. The van der Waals surface area contributed by atoms with Crippen LogP contribution in [0, 0.1) is 5.92 Å². The minimum absolute atomic E-state index is 0.126. The molecule has 4 heteroatoms. The molecule has 2 atom stereocenters. The van der Waals surface area contributed by atoms with Crippen LogP contribution in [0.3, 0.4) is 0 Å². The average molecular weight is 314 g/mol. The molecule has 1 saturated heterocycles. The van der Waals surface area contributed by atoms with Gasteiger partial charge in [-0.15, -0.1) is 0 Å². The Morgan fingerprint density at radius 2 is 2.00 bits per heavy atom. The summed E-state index contributed by atoms with van der Waals surface area (Å²) in [4.78, 5) is 22.5. The lowest BCUT2D eigenvalue weighted by Crippen LogP contribution is -2.21. The molecule has 1 heterocycles. The van der Waals surface area contributed by atoms with Gasteiger partial charge in [-0.05, 0) is 44.7 Å². The lowest BCUT2D eigenvalue weighted by Gasteiger charge is -2.13. The van der Waals surface area contributed by atoms with Crippen molar-refractivity contribution in [2.24, 2.45) is 5.92 Å². The fraction of sp³-hybridized carbons (Fsp3) is 0.474. The minimum atomic E-state index is -0.160. The summed E-state index contributed by atoms with van der Waals surface area (Å²) in [5.41, 5.74) is 1.32. The fourth-order valence-corrected chi connectivity index (χ4v) is 2.74. The number of amides is 2. The smallest absolute Gasteiger partial charge is 0.230 e. The summed E-state index contributed by atoms with van der Waals surface area (Å²) < 4.78 is 0. The van der Waals surface area contributed by atoms with Crippen molar-refractivity contribution in [3.05, 3.63) is 48.0 Å². The Labute approximate surface area is 138 Å². The molecule has 1 aliphatic rings. The molecule has 4 nitrogen and oxygen atoms in total. The van der Waals surface area contributed by atoms with Crippen molar-refractivity contribution in [3.63, 3.8) is 0 Å². The third-order valence-corrected chi connectivity index (χ3v) is 4.20. The molecule has 0 aliphatic carbocycles. The van der Waals surface area contributed by atoms with Gasteiger partial charge in [0.25, 0.3) is 0 Å². The molecular weight excluding hydrogens is 288 g/mol. The normalized spacial score (nSPS) is 19.3. The summed E-state index contributed by atoms with van der Waals surface area (Å²) in [5.74, 6) is -0.433. The quantitative estimate of drug-likeness (QED) is 0.418. The van der Waals surface area contributed by atoms with Gasteiger partial charge in [0.15, 0.2) is 0 Å². The van der Waals surface area contributed by atoms with Crippen LogP contribution in [0.4, 0.5) is 0 Å². The third-order valence-electron chi connectivity index (χ3n) is 4.20. The zero-order valence-corrected chi connectivity index (χ0v) is 13.8. The van der Waals surface area contributed by atoms with Crippen molar-refractivity contribution < 1.29 is 9.59 Å². The van der Waals surface area contributed by atoms with Gasteiger partial charge in [-0.25, -0.2) is 0 Å². The van der Waals surface area contributed by atoms with E-state index in [1.165, 1.54) is 5.56 Å². The summed E-state index contributed by atoms with van der Waals surface area (Å²) >= 11 is 0. The Kier molecular flexibility index (Phi) is 7.01. The van der Waals surface area contributed by atoms with E-state index < -0.39 is 0 Å². The fourth-order valence-electron chi connectivity index (χ4n) is 2.74. The molecule has 0 saturated carbocycles. The van der Waals surface area contributed by atoms with E-state index in [1.807, 2.05) is 12.1 Å². The number of nitrogens with one attached hydrogen (secondary N) is 2. The Morgan fingerprint density at radius 3 is 2.70 bits per heavy atom. The monoisotopic (exact) mass is 314 g/mol. The van der Waals surface area contributed by atoms with Crippen molar-refractivity contribution in [2.45, 2.75) is 45.1 Å². The molecule has 2 rings (SSSR count). The highest BCUT2D eigenvalue weighted by atomic mass is 16.2. The SMILES string of the molecule is C[C@@H](NCCCC/C=C/CC1CC(=O)NC1=O)c1ccccc1. The Bertz CT molecular complexity index is 540. The number of allylic oxidation sites excluding steroid dienone is 2. The highest BCUT2D eigenvalue weighted by Gasteiger charge is 2.28. The minimum Gasteiger partial charge on any atom is -0.310 e. The predicted octanol–water partition coefficient (Wildman–Crippen LogP) is 3.12. The standard InChI is InChI=1S/C19H26N2O2/c1-15(16-10-7-5-8-11-16)20-13-9-4-2-3-6-12-17-14-18(22)21-19(17)23/h3,5-8,10-11,15,17,20H,2,4,9,12-14H2,1H3,(H,21,22,23)/b6-3+/t15-,17?/m1/s1. The molecule has 23 heavy (non-hydrogen) atoms. The maximum Gasteiger partial charge on any atom is 0.230 e. The van der Waals surface area contributed by atoms with E-state index in [-0.39, 0.29) is 17.7 Å². The highest BCUT2D eigenvalue weighted by Crippen LogP contribution is 2.15. The van der Waals surface area contributed by atoms with Crippen LogP contribution in [0.15, 0.2) is 42.5 Å². The highest BCUT2D eigenvalue weighted by molar-refractivity contribution is 6.03. The first-order valence-corrected chi connectivity index (χ1v) is 8.44. The van der Waals surface area contributed by atoms with E-state index in [4.69, 9.17) is 0 Å². The number of hydrogen-bond acceptors (Lipinski definition) is 3. The molecule has 1 aliphatic heterocycles. The number of hydrogen-bond donors (Lipinski definition) is 2. The Hall–Kier alpha value is -1.94. The maximum absolute atomic E-state index is 11.4. The third kappa shape index (κ3) is 5.99. The molecule has 1 unspecified atom stereocenters. The summed E-state index contributed by atoms with van der Waals surface area (Å²) in [5, 5.41) is 5.87. The molecule has 2 amide bonds. The van der Waals surface area contributed by atoms with Crippen LogP contribution in [0.2, 0.25) is 0 Å². The van der Waals surface area contributed by atoms with Gasteiger partial charge in [0.1, 0.15) is 0 Å². The summed E-state index contributed by atoms with van der Waals surface area (Å²) in [6, 6.07) is 10.8. The van der Waals surface area contributed by atoms with Crippen LogP contribution in [-0.2, 0) is 9.59 Å².